The highest BCUT2D eigenvalue weighted by Crippen LogP contribution is 2.17. The molecule has 0 spiro atoms. The summed E-state index contributed by atoms with van der Waals surface area (Å²) in [5, 5.41) is 0. The first-order chi connectivity index (χ1) is 7.16. The van der Waals surface area contributed by atoms with E-state index in [0.29, 0.717) is 6.42 Å². The van der Waals surface area contributed by atoms with Crippen LogP contribution in [0.1, 0.15) is 23.4 Å². The van der Waals surface area contributed by atoms with Crippen molar-refractivity contribution in [2.24, 2.45) is 12.8 Å². The molecule has 15 heavy (non-hydrogen) atoms. The molecule has 0 aliphatic heterocycles. The molecule has 80 valence electrons. The molecule has 4 heteroatoms. The van der Waals surface area contributed by atoms with E-state index in [1.807, 2.05) is 36.9 Å². The third kappa shape index (κ3) is 2.10. The third-order valence-corrected chi connectivity index (χ3v) is 2.45. The molecule has 2 aromatic heterocycles. The number of nitrogens with zero attached hydrogens (tertiary/aromatic N) is 2. The molecule has 0 aliphatic carbocycles. The number of aromatic nitrogens is 2. The van der Waals surface area contributed by atoms with Gasteiger partial charge >= 0.3 is 0 Å². The van der Waals surface area contributed by atoms with Crippen LogP contribution in [0.3, 0.4) is 0 Å². The van der Waals surface area contributed by atoms with Crippen molar-refractivity contribution in [2.45, 2.75) is 19.4 Å². The third-order valence-electron chi connectivity index (χ3n) is 2.45. The van der Waals surface area contributed by atoms with Gasteiger partial charge in [0.1, 0.15) is 17.3 Å². The maximum absolute atomic E-state index is 6.02. The fraction of sp³-hybridized carbons (Fsp3) is 0.364. The number of aryl methyl sites for hydroxylation is 2. The zero-order valence-electron chi connectivity index (χ0n) is 8.97. The van der Waals surface area contributed by atoms with Crippen LogP contribution in [0.2, 0.25) is 0 Å². The quantitative estimate of drug-likeness (QED) is 0.827. The first kappa shape index (κ1) is 9.98. The molecule has 1 atom stereocenters. The number of hydrogen-bond donors (Lipinski definition) is 1. The molecular formula is C11H15N3O. The Labute approximate surface area is 88.7 Å². The lowest BCUT2D eigenvalue weighted by Crippen LogP contribution is -2.15. The van der Waals surface area contributed by atoms with Gasteiger partial charge in [-0.15, -0.1) is 0 Å². The standard InChI is InChI=1S/C11H15N3O/c1-8-3-4-10(15-8)9(12)7-11-13-5-6-14(11)2/h3-6,9H,7,12H2,1-2H3. The fourth-order valence-electron chi connectivity index (χ4n) is 1.54. The molecule has 1 unspecified atom stereocenters. The average molecular weight is 205 g/mol. The monoisotopic (exact) mass is 205 g/mol. The Kier molecular flexibility index (Phi) is 2.60. The zero-order chi connectivity index (χ0) is 10.8. The van der Waals surface area contributed by atoms with Crippen molar-refractivity contribution >= 4 is 0 Å². The molecule has 0 radical (unpaired) electrons. The minimum absolute atomic E-state index is 0.125. The topological polar surface area (TPSA) is 57.0 Å². The summed E-state index contributed by atoms with van der Waals surface area (Å²) in [6, 6.07) is 3.72. The fourth-order valence-corrected chi connectivity index (χ4v) is 1.54. The van der Waals surface area contributed by atoms with E-state index < -0.39 is 0 Å². The second-order valence-corrected chi connectivity index (χ2v) is 3.71. The Balaban J connectivity index is 2.10. The van der Waals surface area contributed by atoms with E-state index in [2.05, 4.69) is 4.98 Å². The SMILES string of the molecule is Cc1ccc(C(N)Cc2nccn2C)o1. The Bertz CT molecular complexity index is 444. The summed E-state index contributed by atoms with van der Waals surface area (Å²) in [6.45, 7) is 1.91. The molecule has 0 saturated heterocycles. The van der Waals surface area contributed by atoms with E-state index in [0.717, 1.165) is 17.3 Å². The van der Waals surface area contributed by atoms with Gasteiger partial charge in [-0.25, -0.2) is 4.98 Å². The van der Waals surface area contributed by atoms with Crippen LogP contribution in [0.15, 0.2) is 28.9 Å². The highest BCUT2D eigenvalue weighted by molar-refractivity contribution is 5.11. The maximum Gasteiger partial charge on any atom is 0.121 e. The number of imidazole rings is 1. The van der Waals surface area contributed by atoms with Crippen LogP contribution >= 0.6 is 0 Å². The largest absolute Gasteiger partial charge is 0.465 e. The predicted molar refractivity (Wildman–Crippen MR) is 57.3 cm³/mol. The second-order valence-electron chi connectivity index (χ2n) is 3.71. The minimum Gasteiger partial charge on any atom is -0.465 e. The summed E-state index contributed by atoms with van der Waals surface area (Å²) in [5.74, 6) is 2.67. The van der Waals surface area contributed by atoms with Crippen molar-refractivity contribution in [1.82, 2.24) is 9.55 Å². The number of hydrogen-bond acceptors (Lipinski definition) is 3. The zero-order valence-corrected chi connectivity index (χ0v) is 8.97. The van der Waals surface area contributed by atoms with Crippen LogP contribution in [-0.4, -0.2) is 9.55 Å². The van der Waals surface area contributed by atoms with Gasteiger partial charge in [0, 0.05) is 25.9 Å². The van der Waals surface area contributed by atoms with Crippen LogP contribution in [0.25, 0.3) is 0 Å². The summed E-state index contributed by atoms with van der Waals surface area (Å²) in [4.78, 5) is 4.23. The smallest absolute Gasteiger partial charge is 0.121 e. The normalized spacial score (nSPS) is 13.0. The van der Waals surface area contributed by atoms with Gasteiger partial charge < -0.3 is 14.7 Å². The lowest BCUT2D eigenvalue weighted by Gasteiger charge is -2.08. The molecule has 0 aromatic carbocycles. The summed E-state index contributed by atoms with van der Waals surface area (Å²) in [7, 11) is 1.96. The van der Waals surface area contributed by atoms with Gasteiger partial charge in [0.15, 0.2) is 0 Å². The molecule has 0 saturated carbocycles. The van der Waals surface area contributed by atoms with Gasteiger partial charge in [-0.2, -0.15) is 0 Å². The summed E-state index contributed by atoms with van der Waals surface area (Å²) >= 11 is 0. The van der Waals surface area contributed by atoms with E-state index in [1.165, 1.54) is 0 Å². The first-order valence-electron chi connectivity index (χ1n) is 4.95. The number of furan rings is 1. The molecule has 2 rings (SSSR count). The molecule has 0 bridgehead atoms. The van der Waals surface area contributed by atoms with Crippen molar-refractivity contribution < 1.29 is 4.42 Å². The second kappa shape index (κ2) is 3.90. The first-order valence-corrected chi connectivity index (χ1v) is 4.95. The highest BCUT2D eigenvalue weighted by atomic mass is 16.3. The summed E-state index contributed by atoms with van der Waals surface area (Å²) in [6.07, 6.45) is 4.38. The molecule has 0 amide bonds. The van der Waals surface area contributed by atoms with E-state index in [9.17, 15) is 0 Å². The molecule has 2 aromatic rings. The van der Waals surface area contributed by atoms with Crippen molar-refractivity contribution in [3.63, 3.8) is 0 Å². The van der Waals surface area contributed by atoms with Gasteiger partial charge in [-0.1, -0.05) is 0 Å². The Morgan fingerprint density at radius 2 is 2.33 bits per heavy atom. The van der Waals surface area contributed by atoms with Gasteiger partial charge in [0.05, 0.1) is 6.04 Å². The van der Waals surface area contributed by atoms with Crippen LogP contribution in [-0.2, 0) is 13.5 Å². The van der Waals surface area contributed by atoms with Gasteiger partial charge in [-0.3, -0.25) is 0 Å². The van der Waals surface area contributed by atoms with Crippen molar-refractivity contribution in [2.75, 3.05) is 0 Å². The molecule has 0 aliphatic rings. The van der Waals surface area contributed by atoms with E-state index in [4.69, 9.17) is 10.2 Å². The lowest BCUT2D eigenvalue weighted by molar-refractivity contribution is 0.440. The van der Waals surface area contributed by atoms with E-state index in [-0.39, 0.29) is 6.04 Å². The van der Waals surface area contributed by atoms with E-state index >= 15 is 0 Å². The minimum atomic E-state index is -0.125. The van der Waals surface area contributed by atoms with E-state index in [1.54, 1.807) is 6.20 Å². The maximum atomic E-state index is 6.02. The molecular weight excluding hydrogens is 190 g/mol. The van der Waals surface area contributed by atoms with Crippen LogP contribution < -0.4 is 5.73 Å². The van der Waals surface area contributed by atoms with Gasteiger partial charge in [0.25, 0.3) is 0 Å². The predicted octanol–water partition coefficient (Wildman–Crippen LogP) is 1.56. The Hall–Kier alpha value is -1.55. The number of rotatable bonds is 3. The lowest BCUT2D eigenvalue weighted by atomic mass is 10.1. The van der Waals surface area contributed by atoms with Crippen molar-refractivity contribution in [1.29, 1.82) is 0 Å². The Morgan fingerprint density at radius 3 is 2.87 bits per heavy atom. The van der Waals surface area contributed by atoms with Gasteiger partial charge in [-0.05, 0) is 19.1 Å². The summed E-state index contributed by atoms with van der Waals surface area (Å²) in [5.41, 5.74) is 6.02. The molecule has 2 N–H and O–H groups in total. The molecule has 4 nitrogen and oxygen atoms in total. The van der Waals surface area contributed by atoms with Crippen molar-refractivity contribution in [3.8, 4) is 0 Å². The van der Waals surface area contributed by atoms with Crippen LogP contribution in [0.4, 0.5) is 0 Å². The van der Waals surface area contributed by atoms with Crippen LogP contribution in [0, 0.1) is 6.92 Å². The van der Waals surface area contributed by atoms with Crippen molar-refractivity contribution in [3.05, 3.63) is 41.9 Å². The number of nitrogens with two attached hydrogens (primary N) is 1. The molecule has 2 heterocycles. The van der Waals surface area contributed by atoms with Crippen LogP contribution in [0.5, 0.6) is 0 Å². The highest BCUT2D eigenvalue weighted by Gasteiger charge is 2.12. The van der Waals surface area contributed by atoms with Gasteiger partial charge in [0.2, 0.25) is 0 Å². The summed E-state index contributed by atoms with van der Waals surface area (Å²) < 4.78 is 7.44. The Morgan fingerprint density at radius 1 is 1.53 bits per heavy atom. The average Bonchev–Trinajstić information content (AvgIpc) is 2.77. The molecule has 0 fully saturated rings.